The number of ether oxygens (including phenoxy) is 1. The lowest BCUT2D eigenvalue weighted by Gasteiger charge is -2.27. The van der Waals surface area contributed by atoms with Crippen LogP contribution in [0.15, 0.2) is 24.3 Å². The molecule has 126 valence electrons. The normalized spacial score (nSPS) is 16.0. The Balaban J connectivity index is 1.82. The van der Waals surface area contributed by atoms with Gasteiger partial charge in [-0.15, -0.1) is 0 Å². The van der Waals surface area contributed by atoms with E-state index in [4.69, 9.17) is 16.2 Å². The summed E-state index contributed by atoms with van der Waals surface area (Å²) in [4.78, 5) is 24.1. The number of hydrogen-bond acceptors (Lipinski definition) is 7. The number of nitrogens with two attached hydrogens (primary N) is 2. The van der Waals surface area contributed by atoms with Crippen LogP contribution >= 0.6 is 0 Å². The van der Waals surface area contributed by atoms with Crippen LogP contribution in [0.2, 0.25) is 0 Å². The van der Waals surface area contributed by atoms with Crippen molar-refractivity contribution in [1.82, 2.24) is 15.0 Å². The highest BCUT2D eigenvalue weighted by atomic mass is 19.1. The maximum absolute atomic E-state index is 14.2. The van der Waals surface area contributed by atoms with Gasteiger partial charge < -0.3 is 16.2 Å². The van der Waals surface area contributed by atoms with Gasteiger partial charge >= 0.3 is 5.97 Å². The van der Waals surface area contributed by atoms with Crippen molar-refractivity contribution in [3.05, 3.63) is 41.5 Å². The van der Waals surface area contributed by atoms with Crippen LogP contribution in [0, 0.1) is 5.82 Å². The van der Waals surface area contributed by atoms with Gasteiger partial charge in [0.1, 0.15) is 5.82 Å². The van der Waals surface area contributed by atoms with Crippen LogP contribution in [0.25, 0.3) is 0 Å². The zero-order chi connectivity index (χ0) is 17.2. The fraction of sp³-hybridized carbons (Fsp3) is 0.375. The first-order valence-corrected chi connectivity index (χ1v) is 7.69. The number of esters is 1. The van der Waals surface area contributed by atoms with E-state index in [0.29, 0.717) is 18.4 Å². The Morgan fingerprint density at radius 2 is 1.75 bits per heavy atom. The lowest BCUT2D eigenvalue weighted by molar-refractivity contribution is -0.152. The van der Waals surface area contributed by atoms with Gasteiger partial charge in [-0.2, -0.15) is 15.0 Å². The van der Waals surface area contributed by atoms with Crippen molar-refractivity contribution in [1.29, 1.82) is 0 Å². The molecule has 4 N–H and O–H groups in total. The Labute approximate surface area is 138 Å². The molecule has 0 bridgehead atoms. The number of hydrogen-bond donors (Lipinski definition) is 2. The molecule has 0 radical (unpaired) electrons. The van der Waals surface area contributed by atoms with Crippen molar-refractivity contribution in [2.75, 3.05) is 11.5 Å². The van der Waals surface area contributed by atoms with Gasteiger partial charge in [0.25, 0.3) is 0 Å². The largest absolute Gasteiger partial charge is 0.457 e. The van der Waals surface area contributed by atoms with E-state index in [1.54, 1.807) is 18.2 Å². The van der Waals surface area contributed by atoms with E-state index in [1.165, 1.54) is 6.07 Å². The molecule has 1 aliphatic rings. The van der Waals surface area contributed by atoms with E-state index >= 15 is 0 Å². The smallest absolute Gasteiger partial charge is 0.317 e. The van der Waals surface area contributed by atoms with Crippen molar-refractivity contribution in [3.8, 4) is 0 Å². The lowest BCUT2D eigenvalue weighted by Crippen LogP contribution is -2.35. The molecule has 0 amide bonds. The second kappa shape index (κ2) is 6.38. The van der Waals surface area contributed by atoms with Crippen molar-refractivity contribution in [3.63, 3.8) is 0 Å². The fourth-order valence-electron chi connectivity index (χ4n) is 3.20. The van der Waals surface area contributed by atoms with Gasteiger partial charge in [0.15, 0.2) is 12.4 Å². The summed E-state index contributed by atoms with van der Waals surface area (Å²) < 4.78 is 19.6. The average molecular weight is 331 g/mol. The molecule has 0 aliphatic heterocycles. The number of benzene rings is 1. The van der Waals surface area contributed by atoms with Crippen molar-refractivity contribution >= 4 is 17.9 Å². The summed E-state index contributed by atoms with van der Waals surface area (Å²) in [6.45, 7) is -0.189. The monoisotopic (exact) mass is 331 g/mol. The summed E-state index contributed by atoms with van der Waals surface area (Å²) in [6.07, 6.45) is 2.78. The Hall–Kier alpha value is -2.77. The van der Waals surface area contributed by atoms with E-state index in [9.17, 15) is 9.18 Å². The topological polar surface area (TPSA) is 117 Å². The van der Waals surface area contributed by atoms with E-state index in [-0.39, 0.29) is 24.3 Å². The molecule has 1 aromatic carbocycles. The first kappa shape index (κ1) is 16.1. The highest BCUT2D eigenvalue weighted by Gasteiger charge is 2.45. The van der Waals surface area contributed by atoms with Crippen LogP contribution in [0.5, 0.6) is 0 Å². The molecular formula is C16H18FN5O2. The summed E-state index contributed by atoms with van der Waals surface area (Å²) >= 11 is 0. The molecule has 0 spiro atoms. The van der Waals surface area contributed by atoms with Crippen molar-refractivity contribution < 1.29 is 13.9 Å². The first-order chi connectivity index (χ1) is 11.5. The Bertz CT molecular complexity index is 742. The summed E-state index contributed by atoms with van der Waals surface area (Å²) in [6, 6.07) is 6.32. The third kappa shape index (κ3) is 2.99. The fourth-order valence-corrected chi connectivity index (χ4v) is 3.20. The summed E-state index contributed by atoms with van der Waals surface area (Å²) in [5.74, 6) is -0.806. The highest BCUT2D eigenvalue weighted by Crippen LogP contribution is 2.43. The summed E-state index contributed by atoms with van der Waals surface area (Å²) in [7, 11) is 0. The molecule has 1 fully saturated rings. The standard InChI is InChI=1S/C16H18FN5O2/c17-11-6-2-1-5-10(11)16(7-3-4-8-16)13(23)24-9-12-20-14(18)22-15(19)21-12/h1-2,5-6H,3-4,7-9H2,(H4,18,19,20,21,22). The first-order valence-electron chi connectivity index (χ1n) is 7.69. The van der Waals surface area contributed by atoms with Gasteiger partial charge in [-0.1, -0.05) is 31.0 Å². The molecule has 1 aromatic heterocycles. The summed E-state index contributed by atoms with van der Waals surface area (Å²) in [5, 5.41) is 0. The maximum atomic E-state index is 14.2. The molecule has 7 nitrogen and oxygen atoms in total. The lowest BCUT2D eigenvalue weighted by atomic mass is 9.78. The number of carbonyl (C=O) groups excluding carboxylic acids is 1. The predicted molar refractivity (Wildman–Crippen MR) is 85.0 cm³/mol. The quantitative estimate of drug-likeness (QED) is 0.819. The Morgan fingerprint density at radius 3 is 2.38 bits per heavy atom. The van der Waals surface area contributed by atoms with Crippen LogP contribution < -0.4 is 11.5 Å². The zero-order valence-corrected chi connectivity index (χ0v) is 13.0. The van der Waals surface area contributed by atoms with Gasteiger partial charge in [0.2, 0.25) is 11.9 Å². The number of anilines is 2. The van der Waals surface area contributed by atoms with Gasteiger partial charge in [0.05, 0.1) is 5.41 Å². The van der Waals surface area contributed by atoms with E-state index in [0.717, 1.165) is 12.8 Å². The van der Waals surface area contributed by atoms with Gasteiger partial charge in [-0.25, -0.2) is 4.39 Å². The van der Waals surface area contributed by atoms with E-state index in [2.05, 4.69) is 15.0 Å². The third-order valence-corrected chi connectivity index (χ3v) is 4.29. The van der Waals surface area contributed by atoms with Crippen LogP contribution in [0.1, 0.15) is 37.1 Å². The second-order valence-electron chi connectivity index (χ2n) is 5.81. The number of aromatic nitrogens is 3. The second-order valence-corrected chi connectivity index (χ2v) is 5.81. The van der Waals surface area contributed by atoms with Crippen LogP contribution in [0.4, 0.5) is 16.3 Å². The molecule has 0 saturated heterocycles. The number of nitrogens with zero attached hydrogens (tertiary/aromatic N) is 3. The van der Waals surface area contributed by atoms with Crippen LogP contribution in [-0.4, -0.2) is 20.9 Å². The molecular weight excluding hydrogens is 313 g/mol. The van der Waals surface area contributed by atoms with E-state index < -0.39 is 17.2 Å². The number of nitrogen functional groups attached to an aromatic ring is 2. The highest BCUT2D eigenvalue weighted by molar-refractivity contribution is 5.83. The SMILES string of the molecule is Nc1nc(N)nc(COC(=O)C2(c3ccccc3F)CCCC2)n1. The number of halogens is 1. The Morgan fingerprint density at radius 1 is 1.12 bits per heavy atom. The summed E-state index contributed by atoms with van der Waals surface area (Å²) in [5.41, 5.74) is 10.4. The molecule has 24 heavy (non-hydrogen) atoms. The minimum absolute atomic E-state index is 0.0433. The van der Waals surface area contributed by atoms with Crippen molar-refractivity contribution in [2.45, 2.75) is 37.7 Å². The van der Waals surface area contributed by atoms with Gasteiger partial charge in [-0.3, -0.25) is 4.79 Å². The maximum Gasteiger partial charge on any atom is 0.317 e. The van der Waals surface area contributed by atoms with Crippen LogP contribution in [-0.2, 0) is 21.6 Å². The molecule has 0 atom stereocenters. The molecule has 3 rings (SSSR count). The molecule has 2 aromatic rings. The molecule has 1 aliphatic carbocycles. The third-order valence-electron chi connectivity index (χ3n) is 4.29. The predicted octanol–water partition coefficient (Wildman–Crippen LogP) is 1.73. The molecule has 0 unspecified atom stereocenters. The van der Waals surface area contributed by atoms with Crippen molar-refractivity contribution in [2.24, 2.45) is 0 Å². The minimum Gasteiger partial charge on any atom is -0.457 e. The number of carbonyl (C=O) groups is 1. The minimum atomic E-state index is -0.963. The zero-order valence-electron chi connectivity index (χ0n) is 13.0. The van der Waals surface area contributed by atoms with Gasteiger partial charge in [-0.05, 0) is 18.9 Å². The molecule has 8 heteroatoms. The van der Waals surface area contributed by atoms with Crippen LogP contribution in [0.3, 0.4) is 0 Å². The molecule has 1 saturated carbocycles. The van der Waals surface area contributed by atoms with Gasteiger partial charge in [0, 0.05) is 5.56 Å². The number of rotatable bonds is 4. The Kier molecular flexibility index (Phi) is 4.28. The average Bonchev–Trinajstić information content (AvgIpc) is 3.03. The molecule has 1 heterocycles. The van der Waals surface area contributed by atoms with E-state index in [1.807, 2.05) is 0 Å².